The first-order valence-corrected chi connectivity index (χ1v) is 8.13. The molecule has 3 rings (SSSR count). The smallest absolute Gasteiger partial charge is 0.276 e. The second kappa shape index (κ2) is 7.00. The number of furan rings is 1. The third-order valence-electron chi connectivity index (χ3n) is 4.46. The quantitative estimate of drug-likeness (QED) is 0.848. The Balaban J connectivity index is 1.83. The van der Waals surface area contributed by atoms with E-state index in [2.05, 4.69) is 16.9 Å². The summed E-state index contributed by atoms with van der Waals surface area (Å²) in [6.45, 7) is 4.41. The lowest BCUT2D eigenvalue weighted by Crippen LogP contribution is -2.46. The first kappa shape index (κ1) is 15.8. The first-order chi connectivity index (χ1) is 11.2. The summed E-state index contributed by atoms with van der Waals surface area (Å²) in [6.07, 6.45) is 5.57. The minimum atomic E-state index is -0.0680. The van der Waals surface area contributed by atoms with Gasteiger partial charge in [0.2, 0.25) is 0 Å². The van der Waals surface area contributed by atoms with E-state index in [-0.39, 0.29) is 11.9 Å². The van der Waals surface area contributed by atoms with Gasteiger partial charge in [-0.3, -0.25) is 4.79 Å². The lowest BCUT2D eigenvalue weighted by Gasteiger charge is -2.36. The molecule has 2 aromatic rings. The molecule has 0 unspecified atom stereocenters. The van der Waals surface area contributed by atoms with Crippen LogP contribution in [0.1, 0.15) is 41.8 Å². The Morgan fingerprint density at radius 2 is 2.17 bits per heavy atom. The van der Waals surface area contributed by atoms with Gasteiger partial charge < -0.3 is 18.6 Å². The van der Waals surface area contributed by atoms with E-state index in [1.807, 2.05) is 24.0 Å². The highest BCUT2D eigenvalue weighted by Crippen LogP contribution is 2.22. The van der Waals surface area contributed by atoms with Crippen molar-refractivity contribution in [1.82, 2.24) is 14.8 Å². The number of carbonyl (C=O) groups excluding carboxylic acids is 1. The van der Waals surface area contributed by atoms with E-state index in [0.717, 1.165) is 31.7 Å². The first-order valence-electron chi connectivity index (χ1n) is 8.13. The largest absolute Gasteiger partial charge is 0.467 e. The number of hydrogen-bond donors (Lipinski definition) is 0. The van der Waals surface area contributed by atoms with Crippen LogP contribution < -0.4 is 0 Å². The highest BCUT2D eigenvalue weighted by atomic mass is 16.3. The lowest BCUT2D eigenvalue weighted by atomic mass is 10.0. The van der Waals surface area contributed by atoms with Gasteiger partial charge in [0.25, 0.3) is 5.91 Å². The topological polar surface area (TPSA) is 62.7 Å². The number of hydrogen-bond acceptors (Lipinski definition) is 5. The van der Waals surface area contributed by atoms with E-state index in [9.17, 15) is 4.79 Å². The molecule has 3 heterocycles. The molecule has 6 nitrogen and oxygen atoms in total. The van der Waals surface area contributed by atoms with Crippen molar-refractivity contribution in [3.63, 3.8) is 0 Å². The fourth-order valence-electron chi connectivity index (χ4n) is 3.08. The Morgan fingerprint density at radius 3 is 2.83 bits per heavy atom. The van der Waals surface area contributed by atoms with Crippen LogP contribution in [0.4, 0.5) is 0 Å². The average Bonchev–Trinajstić information content (AvgIpc) is 3.24. The number of aryl methyl sites for hydroxylation is 1. The van der Waals surface area contributed by atoms with Crippen LogP contribution in [0.25, 0.3) is 0 Å². The molecule has 1 saturated heterocycles. The van der Waals surface area contributed by atoms with E-state index < -0.39 is 0 Å². The monoisotopic (exact) mass is 317 g/mol. The fraction of sp³-hybridized carbons (Fsp3) is 0.529. The van der Waals surface area contributed by atoms with Crippen molar-refractivity contribution in [3.8, 4) is 0 Å². The predicted molar refractivity (Wildman–Crippen MR) is 85.0 cm³/mol. The molecule has 6 heteroatoms. The normalized spacial score (nSPS) is 16.6. The van der Waals surface area contributed by atoms with Gasteiger partial charge >= 0.3 is 0 Å². The Hall–Kier alpha value is -2.08. The molecule has 124 valence electrons. The van der Waals surface area contributed by atoms with Gasteiger partial charge in [0.05, 0.1) is 12.8 Å². The van der Waals surface area contributed by atoms with Crippen LogP contribution in [0.2, 0.25) is 0 Å². The molecule has 1 aliphatic rings. The summed E-state index contributed by atoms with van der Waals surface area (Å²) in [6, 6.07) is 3.95. The van der Waals surface area contributed by atoms with Crippen LogP contribution >= 0.6 is 0 Å². The summed E-state index contributed by atoms with van der Waals surface area (Å²) in [4.78, 5) is 21.4. The highest BCUT2D eigenvalue weighted by Gasteiger charge is 2.31. The molecule has 0 aliphatic carbocycles. The van der Waals surface area contributed by atoms with Crippen molar-refractivity contribution >= 4 is 5.91 Å². The number of likely N-dealkylation sites (tertiary alicyclic amines) is 1. The van der Waals surface area contributed by atoms with Crippen molar-refractivity contribution in [3.05, 3.63) is 42.0 Å². The van der Waals surface area contributed by atoms with Gasteiger partial charge in [0.15, 0.2) is 12.1 Å². The molecule has 2 aromatic heterocycles. The molecule has 0 saturated carbocycles. The van der Waals surface area contributed by atoms with Crippen molar-refractivity contribution < 1.29 is 13.6 Å². The predicted octanol–water partition coefficient (Wildman–Crippen LogP) is 2.57. The maximum absolute atomic E-state index is 13.0. The zero-order valence-electron chi connectivity index (χ0n) is 13.7. The molecular weight excluding hydrogens is 294 g/mol. The molecule has 0 bridgehead atoms. The standard InChI is InChI=1S/C17H23N3O3/c1-3-15-16(18-12-23-15)17(21)20(11-14-5-4-10-22-14)13-6-8-19(2)9-7-13/h4-5,10,12-13H,3,6-9,11H2,1-2H3. The maximum Gasteiger partial charge on any atom is 0.276 e. The second-order valence-electron chi connectivity index (χ2n) is 6.02. The fourth-order valence-corrected chi connectivity index (χ4v) is 3.08. The number of amides is 1. The van der Waals surface area contributed by atoms with Crippen molar-refractivity contribution in [2.24, 2.45) is 0 Å². The van der Waals surface area contributed by atoms with Crippen molar-refractivity contribution in [2.45, 2.75) is 38.8 Å². The van der Waals surface area contributed by atoms with Crippen LogP contribution in [0.15, 0.2) is 33.6 Å². The number of aromatic nitrogens is 1. The van der Waals surface area contributed by atoms with Crippen LogP contribution in [-0.2, 0) is 13.0 Å². The molecule has 1 amide bonds. The third kappa shape index (κ3) is 3.47. The van der Waals surface area contributed by atoms with Crippen LogP contribution in [0.3, 0.4) is 0 Å². The van der Waals surface area contributed by atoms with Gasteiger partial charge in [0.1, 0.15) is 11.5 Å². The molecule has 0 N–H and O–H groups in total. The number of rotatable bonds is 5. The Kier molecular flexibility index (Phi) is 4.81. The number of piperidine rings is 1. The summed E-state index contributed by atoms with van der Waals surface area (Å²) in [5.74, 6) is 1.37. The molecule has 0 radical (unpaired) electrons. The average molecular weight is 317 g/mol. The van der Waals surface area contributed by atoms with E-state index in [0.29, 0.717) is 24.4 Å². The summed E-state index contributed by atoms with van der Waals surface area (Å²) in [5.41, 5.74) is 0.429. The summed E-state index contributed by atoms with van der Waals surface area (Å²) >= 11 is 0. The molecule has 0 atom stereocenters. The zero-order valence-corrected chi connectivity index (χ0v) is 13.7. The summed E-state index contributed by atoms with van der Waals surface area (Å²) in [5, 5.41) is 0. The van der Waals surface area contributed by atoms with Crippen molar-refractivity contribution in [1.29, 1.82) is 0 Å². The maximum atomic E-state index is 13.0. The minimum absolute atomic E-state index is 0.0680. The number of carbonyl (C=O) groups is 1. The van der Waals surface area contributed by atoms with Gasteiger partial charge in [-0.25, -0.2) is 4.98 Å². The van der Waals surface area contributed by atoms with Crippen LogP contribution in [-0.4, -0.2) is 46.9 Å². The number of oxazole rings is 1. The SMILES string of the molecule is CCc1ocnc1C(=O)N(Cc1ccco1)C1CCN(C)CC1. The second-order valence-corrected chi connectivity index (χ2v) is 6.02. The Morgan fingerprint density at radius 1 is 1.39 bits per heavy atom. The van der Waals surface area contributed by atoms with Gasteiger partial charge in [-0.15, -0.1) is 0 Å². The van der Waals surface area contributed by atoms with Crippen LogP contribution in [0.5, 0.6) is 0 Å². The van der Waals surface area contributed by atoms with Gasteiger partial charge in [-0.1, -0.05) is 6.92 Å². The summed E-state index contributed by atoms with van der Waals surface area (Å²) < 4.78 is 10.8. The minimum Gasteiger partial charge on any atom is -0.467 e. The van der Waals surface area contributed by atoms with E-state index in [4.69, 9.17) is 8.83 Å². The van der Waals surface area contributed by atoms with E-state index in [1.165, 1.54) is 6.39 Å². The van der Waals surface area contributed by atoms with Crippen LogP contribution in [0, 0.1) is 0 Å². The Bertz CT molecular complexity index is 627. The third-order valence-corrected chi connectivity index (χ3v) is 4.46. The highest BCUT2D eigenvalue weighted by molar-refractivity contribution is 5.93. The van der Waals surface area contributed by atoms with Gasteiger partial charge in [-0.2, -0.15) is 0 Å². The molecule has 1 fully saturated rings. The molecule has 1 aliphatic heterocycles. The Labute approximate surface area is 136 Å². The van der Waals surface area contributed by atoms with E-state index in [1.54, 1.807) is 6.26 Å². The number of nitrogens with zero attached hydrogens (tertiary/aromatic N) is 3. The summed E-state index contributed by atoms with van der Waals surface area (Å²) in [7, 11) is 2.11. The van der Waals surface area contributed by atoms with E-state index >= 15 is 0 Å². The van der Waals surface area contributed by atoms with Gasteiger partial charge in [0, 0.05) is 12.5 Å². The van der Waals surface area contributed by atoms with Gasteiger partial charge in [-0.05, 0) is 45.1 Å². The van der Waals surface area contributed by atoms with Crippen molar-refractivity contribution in [2.75, 3.05) is 20.1 Å². The molecular formula is C17H23N3O3. The zero-order chi connectivity index (χ0) is 16.2. The lowest BCUT2D eigenvalue weighted by molar-refractivity contribution is 0.0543. The molecule has 0 aromatic carbocycles. The molecule has 0 spiro atoms. The molecule has 23 heavy (non-hydrogen) atoms.